The second kappa shape index (κ2) is 5.64. The average Bonchev–Trinajstić information content (AvgIpc) is 2.29. The summed E-state index contributed by atoms with van der Waals surface area (Å²) in [6.45, 7) is 3.51. The van der Waals surface area contributed by atoms with Crippen molar-refractivity contribution >= 4 is 5.97 Å². The molecule has 2 nitrogen and oxygen atoms in total. The highest BCUT2D eigenvalue weighted by Gasteiger charge is 2.17. The summed E-state index contributed by atoms with van der Waals surface area (Å²) in [7, 11) is 1.34. The average molecular weight is 224 g/mol. The van der Waals surface area contributed by atoms with Gasteiger partial charge in [0, 0.05) is 5.92 Å². The molecule has 88 valence electrons. The fourth-order valence-corrected chi connectivity index (χ4v) is 1.81. The summed E-state index contributed by atoms with van der Waals surface area (Å²) in [4.78, 5) is 11.2. The molecule has 0 fully saturated rings. The van der Waals surface area contributed by atoms with Gasteiger partial charge < -0.3 is 4.74 Å². The van der Waals surface area contributed by atoms with Crippen molar-refractivity contribution < 1.29 is 13.9 Å². The van der Waals surface area contributed by atoms with E-state index < -0.39 is 6.17 Å². The summed E-state index contributed by atoms with van der Waals surface area (Å²) in [6, 6.07) is 6.92. The number of alkyl halides is 1. The normalized spacial score (nSPS) is 14.2. The molecule has 1 aromatic rings. The van der Waals surface area contributed by atoms with E-state index in [0.29, 0.717) is 5.56 Å². The third-order valence-electron chi connectivity index (χ3n) is 2.75. The van der Waals surface area contributed by atoms with Gasteiger partial charge in [-0.15, -0.1) is 0 Å². The van der Waals surface area contributed by atoms with Crippen LogP contribution in [-0.2, 0) is 4.74 Å². The van der Waals surface area contributed by atoms with Crippen LogP contribution in [0.3, 0.4) is 0 Å². The molecule has 0 bridgehead atoms. The maximum atomic E-state index is 13.3. The maximum Gasteiger partial charge on any atom is 0.337 e. The Balaban J connectivity index is 2.89. The van der Waals surface area contributed by atoms with Gasteiger partial charge in [-0.25, -0.2) is 9.18 Å². The van der Waals surface area contributed by atoms with Gasteiger partial charge in [-0.3, -0.25) is 0 Å². The van der Waals surface area contributed by atoms with Gasteiger partial charge in [0.15, 0.2) is 0 Å². The zero-order chi connectivity index (χ0) is 12.1. The van der Waals surface area contributed by atoms with Crippen LogP contribution in [0.4, 0.5) is 4.39 Å². The predicted molar refractivity (Wildman–Crippen MR) is 61.4 cm³/mol. The molecule has 2 atom stereocenters. The van der Waals surface area contributed by atoms with Gasteiger partial charge in [-0.1, -0.05) is 19.1 Å². The van der Waals surface area contributed by atoms with Gasteiger partial charge in [0.05, 0.1) is 12.7 Å². The highest BCUT2D eigenvalue weighted by molar-refractivity contribution is 5.89. The molecule has 0 aliphatic heterocycles. The van der Waals surface area contributed by atoms with Gasteiger partial charge in [0.25, 0.3) is 0 Å². The van der Waals surface area contributed by atoms with E-state index in [1.54, 1.807) is 31.2 Å². The van der Waals surface area contributed by atoms with Gasteiger partial charge in [-0.05, 0) is 31.0 Å². The van der Waals surface area contributed by atoms with Crippen LogP contribution in [0, 0.1) is 0 Å². The molecule has 0 radical (unpaired) electrons. The third-order valence-corrected chi connectivity index (χ3v) is 2.75. The van der Waals surface area contributed by atoms with Gasteiger partial charge in [0.2, 0.25) is 0 Å². The van der Waals surface area contributed by atoms with E-state index in [1.165, 1.54) is 7.11 Å². The quantitative estimate of drug-likeness (QED) is 0.733. The Morgan fingerprint density at radius 3 is 2.31 bits per heavy atom. The topological polar surface area (TPSA) is 26.3 Å². The first-order valence-electron chi connectivity index (χ1n) is 5.42. The van der Waals surface area contributed by atoms with Crippen LogP contribution in [0.25, 0.3) is 0 Å². The molecule has 0 spiro atoms. The van der Waals surface area contributed by atoms with Crippen LogP contribution in [0.15, 0.2) is 24.3 Å². The van der Waals surface area contributed by atoms with Crippen molar-refractivity contribution in [1.29, 1.82) is 0 Å². The molecule has 0 unspecified atom stereocenters. The van der Waals surface area contributed by atoms with Crippen molar-refractivity contribution in [2.45, 2.75) is 32.4 Å². The van der Waals surface area contributed by atoms with E-state index in [2.05, 4.69) is 4.74 Å². The van der Waals surface area contributed by atoms with Crippen LogP contribution in [-0.4, -0.2) is 19.3 Å². The molecule has 1 rings (SSSR count). The Bertz CT molecular complexity index is 343. The lowest BCUT2D eigenvalue weighted by atomic mass is 9.92. The number of rotatable bonds is 4. The lowest BCUT2D eigenvalue weighted by Gasteiger charge is -2.16. The van der Waals surface area contributed by atoms with E-state index in [4.69, 9.17) is 0 Å². The molecule has 0 saturated carbocycles. The maximum absolute atomic E-state index is 13.3. The summed E-state index contributed by atoms with van der Waals surface area (Å²) in [5, 5.41) is 0. The van der Waals surface area contributed by atoms with Crippen molar-refractivity contribution in [2.75, 3.05) is 7.11 Å². The first-order chi connectivity index (χ1) is 7.60. The van der Waals surface area contributed by atoms with Crippen LogP contribution >= 0.6 is 0 Å². The third kappa shape index (κ3) is 2.81. The summed E-state index contributed by atoms with van der Waals surface area (Å²) in [6.07, 6.45) is -0.135. The van der Waals surface area contributed by atoms with Crippen LogP contribution in [0.5, 0.6) is 0 Å². The highest BCUT2D eigenvalue weighted by Crippen LogP contribution is 2.25. The molecule has 0 aliphatic carbocycles. The van der Waals surface area contributed by atoms with Crippen LogP contribution in [0.1, 0.15) is 42.1 Å². The number of esters is 1. The monoisotopic (exact) mass is 224 g/mol. The smallest absolute Gasteiger partial charge is 0.337 e. The molecule has 0 heterocycles. The number of hydrogen-bond acceptors (Lipinski definition) is 2. The van der Waals surface area contributed by atoms with Crippen molar-refractivity contribution in [3.8, 4) is 0 Å². The van der Waals surface area contributed by atoms with Crippen molar-refractivity contribution in [1.82, 2.24) is 0 Å². The van der Waals surface area contributed by atoms with Crippen LogP contribution < -0.4 is 0 Å². The Morgan fingerprint density at radius 1 is 1.38 bits per heavy atom. The van der Waals surface area contributed by atoms with Crippen LogP contribution in [0.2, 0.25) is 0 Å². The number of ether oxygens (including phenoxy) is 1. The molecule has 0 aliphatic rings. The van der Waals surface area contributed by atoms with E-state index in [1.807, 2.05) is 6.92 Å². The number of benzene rings is 1. The minimum atomic E-state index is -0.881. The van der Waals surface area contributed by atoms with Gasteiger partial charge in [0.1, 0.15) is 6.17 Å². The van der Waals surface area contributed by atoms with Crippen molar-refractivity contribution in [3.05, 3.63) is 35.4 Å². The number of carbonyl (C=O) groups is 1. The zero-order valence-corrected chi connectivity index (χ0v) is 9.87. The fraction of sp³-hybridized carbons (Fsp3) is 0.462. The molecule has 0 amide bonds. The Kier molecular flexibility index (Phi) is 4.47. The lowest BCUT2D eigenvalue weighted by Crippen LogP contribution is -2.09. The molecule has 1 aromatic carbocycles. The lowest BCUT2D eigenvalue weighted by molar-refractivity contribution is 0.0600. The largest absolute Gasteiger partial charge is 0.465 e. The summed E-state index contributed by atoms with van der Waals surface area (Å²) in [5.41, 5.74) is 1.41. The standard InChI is InChI=1S/C13H17FO2/c1-4-12(9(2)14)10-5-7-11(8-6-10)13(15)16-3/h5-9,12H,4H2,1-3H3/t9-,12+/m0/s1. The molecule has 0 aromatic heterocycles. The molecule has 0 saturated heterocycles. The van der Waals surface area contributed by atoms with E-state index in [9.17, 15) is 9.18 Å². The van der Waals surface area contributed by atoms with Crippen molar-refractivity contribution in [2.24, 2.45) is 0 Å². The Morgan fingerprint density at radius 2 is 1.94 bits per heavy atom. The number of carbonyl (C=O) groups excluding carboxylic acids is 1. The summed E-state index contributed by atoms with van der Waals surface area (Å²) in [5.74, 6) is -0.473. The first kappa shape index (κ1) is 12.7. The first-order valence-corrected chi connectivity index (χ1v) is 5.42. The summed E-state index contributed by atoms with van der Waals surface area (Å²) >= 11 is 0. The second-order valence-corrected chi connectivity index (χ2v) is 3.81. The van der Waals surface area contributed by atoms with Gasteiger partial charge in [-0.2, -0.15) is 0 Å². The SMILES string of the molecule is CC[C@@H](c1ccc(C(=O)OC)cc1)[C@H](C)F. The van der Waals surface area contributed by atoms with E-state index in [-0.39, 0.29) is 11.9 Å². The predicted octanol–water partition coefficient (Wildman–Crippen LogP) is 3.32. The molecular weight excluding hydrogens is 207 g/mol. The molecule has 3 heteroatoms. The van der Waals surface area contributed by atoms with Crippen molar-refractivity contribution in [3.63, 3.8) is 0 Å². The zero-order valence-electron chi connectivity index (χ0n) is 9.87. The number of hydrogen-bond donors (Lipinski definition) is 0. The Hall–Kier alpha value is -1.38. The fourth-order valence-electron chi connectivity index (χ4n) is 1.81. The molecule has 16 heavy (non-hydrogen) atoms. The molecule has 0 N–H and O–H groups in total. The van der Waals surface area contributed by atoms with Gasteiger partial charge >= 0.3 is 5.97 Å². The molecular formula is C13H17FO2. The van der Waals surface area contributed by atoms with E-state index >= 15 is 0 Å². The summed E-state index contributed by atoms with van der Waals surface area (Å²) < 4.78 is 17.9. The van der Waals surface area contributed by atoms with E-state index in [0.717, 1.165) is 12.0 Å². The minimum absolute atomic E-state index is 0.105. The second-order valence-electron chi connectivity index (χ2n) is 3.81. The Labute approximate surface area is 95.4 Å². The minimum Gasteiger partial charge on any atom is -0.465 e. The number of halogens is 1. The highest BCUT2D eigenvalue weighted by atomic mass is 19.1. The number of methoxy groups -OCH3 is 1.